The molecule has 104 valence electrons. The normalized spacial score (nSPS) is 24.9. The number of piperidine rings is 1. The summed E-state index contributed by atoms with van der Waals surface area (Å²) in [7, 11) is 1.90. The van der Waals surface area contributed by atoms with Crippen LogP contribution in [-0.2, 0) is 4.74 Å². The van der Waals surface area contributed by atoms with Crippen LogP contribution in [0.2, 0.25) is 0 Å². The molecule has 2 rings (SSSR count). The Hall–Kier alpha value is -0.810. The Morgan fingerprint density at radius 1 is 1.39 bits per heavy atom. The highest BCUT2D eigenvalue weighted by Gasteiger charge is 2.21. The molecule has 0 spiro atoms. The summed E-state index contributed by atoms with van der Waals surface area (Å²) in [6.07, 6.45) is 4.92. The average molecular weight is 255 g/mol. The zero-order valence-corrected chi connectivity index (χ0v) is 11.4. The summed E-state index contributed by atoms with van der Waals surface area (Å²) < 4.78 is 5.26. The smallest absolute Gasteiger partial charge is 0.319 e. The van der Waals surface area contributed by atoms with Crippen molar-refractivity contribution in [2.45, 2.75) is 31.7 Å². The molecule has 0 saturated carbocycles. The Bertz CT molecular complexity index is 261. The molecule has 1 unspecified atom stereocenters. The summed E-state index contributed by atoms with van der Waals surface area (Å²) in [5, 5.41) is 3.52. The maximum Gasteiger partial charge on any atom is 0.319 e. The Kier molecular flexibility index (Phi) is 5.26. The van der Waals surface area contributed by atoms with Crippen LogP contribution in [-0.4, -0.2) is 68.3 Å². The first-order valence-electron chi connectivity index (χ1n) is 7.08. The van der Waals surface area contributed by atoms with Gasteiger partial charge in [-0.05, 0) is 25.8 Å². The minimum atomic E-state index is 0.147. The van der Waals surface area contributed by atoms with Gasteiger partial charge in [0.2, 0.25) is 0 Å². The number of hydrogen-bond acceptors (Lipinski definition) is 3. The molecule has 2 heterocycles. The molecule has 0 aromatic rings. The number of morpholine rings is 1. The summed E-state index contributed by atoms with van der Waals surface area (Å²) in [6.45, 7) is 4.77. The fraction of sp³-hybridized carbons (Fsp3) is 0.923. The third-order valence-electron chi connectivity index (χ3n) is 3.83. The highest BCUT2D eigenvalue weighted by Crippen LogP contribution is 2.11. The van der Waals surface area contributed by atoms with Crippen molar-refractivity contribution < 1.29 is 9.53 Å². The predicted octanol–water partition coefficient (Wildman–Crippen LogP) is 0.903. The van der Waals surface area contributed by atoms with Gasteiger partial charge in [0.25, 0.3) is 0 Å². The quantitative estimate of drug-likeness (QED) is 0.815. The number of amides is 2. The van der Waals surface area contributed by atoms with Gasteiger partial charge in [-0.15, -0.1) is 0 Å². The van der Waals surface area contributed by atoms with Crippen LogP contribution in [0.5, 0.6) is 0 Å². The molecule has 1 atom stereocenters. The van der Waals surface area contributed by atoms with Crippen molar-refractivity contribution in [1.82, 2.24) is 15.1 Å². The first kappa shape index (κ1) is 13.6. The minimum absolute atomic E-state index is 0.147. The maximum atomic E-state index is 12.1. The number of urea groups is 1. The number of nitrogens with zero attached hydrogens (tertiary/aromatic N) is 2. The largest absolute Gasteiger partial charge is 0.378 e. The van der Waals surface area contributed by atoms with Crippen molar-refractivity contribution in [3.8, 4) is 0 Å². The fourth-order valence-corrected chi connectivity index (χ4v) is 2.61. The van der Waals surface area contributed by atoms with Crippen LogP contribution in [0.25, 0.3) is 0 Å². The van der Waals surface area contributed by atoms with Crippen LogP contribution in [0.15, 0.2) is 0 Å². The summed E-state index contributed by atoms with van der Waals surface area (Å²) in [4.78, 5) is 15.9. The Labute approximate surface area is 109 Å². The standard InChI is InChI=1S/C13H25N3O2/c1-15(7-5-12-4-2-3-6-14-12)13(17)16-8-10-18-11-9-16/h12,14H,2-11H2,1H3. The minimum Gasteiger partial charge on any atom is -0.378 e. The van der Waals surface area contributed by atoms with Gasteiger partial charge in [-0.1, -0.05) is 6.42 Å². The molecule has 5 nitrogen and oxygen atoms in total. The summed E-state index contributed by atoms with van der Waals surface area (Å²) in [6, 6.07) is 0.743. The van der Waals surface area contributed by atoms with E-state index in [9.17, 15) is 4.79 Å². The lowest BCUT2D eigenvalue weighted by molar-refractivity contribution is 0.0450. The number of carbonyl (C=O) groups excluding carboxylic acids is 1. The van der Waals surface area contributed by atoms with Gasteiger partial charge >= 0.3 is 6.03 Å². The third-order valence-corrected chi connectivity index (χ3v) is 3.83. The number of hydrogen-bond donors (Lipinski definition) is 1. The van der Waals surface area contributed by atoms with Gasteiger partial charge in [0.1, 0.15) is 0 Å². The van der Waals surface area contributed by atoms with Crippen molar-refractivity contribution in [2.75, 3.05) is 46.4 Å². The van der Waals surface area contributed by atoms with E-state index in [0.717, 1.165) is 32.6 Å². The molecule has 2 saturated heterocycles. The van der Waals surface area contributed by atoms with E-state index in [-0.39, 0.29) is 6.03 Å². The van der Waals surface area contributed by atoms with E-state index < -0.39 is 0 Å². The molecular weight excluding hydrogens is 230 g/mol. The third kappa shape index (κ3) is 3.85. The predicted molar refractivity (Wildman–Crippen MR) is 70.7 cm³/mol. The fourth-order valence-electron chi connectivity index (χ4n) is 2.61. The van der Waals surface area contributed by atoms with E-state index in [4.69, 9.17) is 4.74 Å². The molecule has 0 aromatic heterocycles. The molecule has 2 amide bonds. The molecule has 5 heteroatoms. The van der Waals surface area contributed by atoms with Crippen molar-refractivity contribution in [2.24, 2.45) is 0 Å². The van der Waals surface area contributed by atoms with Crippen LogP contribution in [0.1, 0.15) is 25.7 Å². The van der Waals surface area contributed by atoms with Crippen LogP contribution in [0, 0.1) is 0 Å². The molecule has 0 aromatic carbocycles. The SMILES string of the molecule is CN(CCC1CCCCN1)C(=O)N1CCOCC1. The topological polar surface area (TPSA) is 44.8 Å². The number of nitrogens with one attached hydrogen (secondary N) is 1. The lowest BCUT2D eigenvalue weighted by Gasteiger charge is -2.32. The molecule has 18 heavy (non-hydrogen) atoms. The van der Waals surface area contributed by atoms with Gasteiger partial charge in [0.15, 0.2) is 0 Å². The van der Waals surface area contributed by atoms with Gasteiger partial charge in [-0.3, -0.25) is 0 Å². The highest BCUT2D eigenvalue weighted by molar-refractivity contribution is 5.74. The van der Waals surface area contributed by atoms with E-state index >= 15 is 0 Å². The Morgan fingerprint density at radius 3 is 2.83 bits per heavy atom. The molecule has 2 fully saturated rings. The summed E-state index contributed by atoms with van der Waals surface area (Å²) >= 11 is 0. The van der Waals surface area contributed by atoms with Crippen molar-refractivity contribution in [3.05, 3.63) is 0 Å². The maximum absolute atomic E-state index is 12.1. The van der Waals surface area contributed by atoms with E-state index in [2.05, 4.69) is 5.32 Å². The number of ether oxygens (including phenoxy) is 1. The highest BCUT2D eigenvalue weighted by atomic mass is 16.5. The zero-order valence-electron chi connectivity index (χ0n) is 11.4. The number of rotatable bonds is 3. The molecule has 2 aliphatic rings. The Morgan fingerprint density at radius 2 is 2.17 bits per heavy atom. The molecule has 2 aliphatic heterocycles. The lowest BCUT2D eigenvalue weighted by Crippen LogP contribution is -2.48. The van der Waals surface area contributed by atoms with E-state index in [0.29, 0.717) is 19.3 Å². The lowest BCUT2D eigenvalue weighted by atomic mass is 10.0. The molecule has 0 radical (unpaired) electrons. The van der Waals surface area contributed by atoms with Crippen molar-refractivity contribution in [1.29, 1.82) is 0 Å². The van der Waals surface area contributed by atoms with Gasteiger partial charge in [-0.2, -0.15) is 0 Å². The van der Waals surface area contributed by atoms with Gasteiger partial charge < -0.3 is 19.9 Å². The first-order valence-corrected chi connectivity index (χ1v) is 7.08. The van der Waals surface area contributed by atoms with E-state index in [1.807, 2.05) is 16.8 Å². The van der Waals surface area contributed by atoms with Crippen LogP contribution in [0.3, 0.4) is 0 Å². The molecular formula is C13H25N3O2. The second-order valence-electron chi connectivity index (χ2n) is 5.24. The summed E-state index contributed by atoms with van der Waals surface area (Å²) in [5.74, 6) is 0. The Balaban J connectivity index is 1.69. The van der Waals surface area contributed by atoms with E-state index in [1.165, 1.54) is 19.3 Å². The molecule has 0 aliphatic carbocycles. The van der Waals surface area contributed by atoms with Crippen LogP contribution >= 0.6 is 0 Å². The van der Waals surface area contributed by atoms with Gasteiger partial charge in [-0.25, -0.2) is 4.79 Å². The van der Waals surface area contributed by atoms with Crippen LogP contribution < -0.4 is 5.32 Å². The number of carbonyl (C=O) groups is 1. The first-order chi connectivity index (χ1) is 8.77. The van der Waals surface area contributed by atoms with Crippen LogP contribution in [0.4, 0.5) is 4.79 Å². The van der Waals surface area contributed by atoms with Crippen molar-refractivity contribution in [3.63, 3.8) is 0 Å². The summed E-state index contributed by atoms with van der Waals surface area (Å²) in [5.41, 5.74) is 0. The van der Waals surface area contributed by atoms with Gasteiger partial charge in [0.05, 0.1) is 13.2 Å². The van der Waals surface area contributed by atoms with Crippen molar-refractivity contribution >= 4 is 6.03 Å². The second-order valence-corrected chi connectivity index (χ2v) is 5.24. The monoisotopic (exact) mass is 255 g/mol. The average Bonchev–Trinajstić information content (AvgIpc) is 2.46. The zero-order chi connectivity index (χ0) is 12.8. The van der Waals surface area contributed by atoms with Gasteiger partial charge in [0, 0.05) is 32.7 Å². The molecule has 0 bridgehead atoms. The molecule has 1 N–H and O–H groups in total. The second kappa shape index (κ2) is 6.95. The van der Waals surface area contributed by atoms with E-state index in [1.54, 1.807) is 0 Å².